The van der Waals surface area contributed by atoms with E-state index >= 15 is 0 Å². The van der Waals surface area contributed by atoms with Gasteiger partial charge in [0.1, 0.15) is 6.67 Å². The van der Waals surface area contributed by atoms with Gasteiger partial charge in [-0.15, -0.1) is 5.12 Å². The molecule has 14 heavy (non-hydrogen) atoms. The Morgan fingerprint density at radius 2 is 1.64 bits per heavy atom. The molecule has 2 atom stereocenters. The molecule has 0 aromatic carbocycles. The molecule has 0 aliphatic carbocycles. The number of hydrazine groups is 2. The van der Waals surface area contributed by atoms with E-state index in [4.69, 9.17) is 4.55 Å². The van der Waals surface area contributed by atoms with Crippen molar-refractivity contribution in [1.82, 2.24) is 14.5 Å². The average Bonchev–Trinajstić information content (AvgIpc) is 2.75. The second-order valence-corrected chi connectivity index (χ2v) is 4.23. The van der Waals surface area contributed by atoms with Gasteiger partial charge in [-0.2, -0.15) is 13.4 Å². The Hall–Kier alpha value is -1.03. The van der Waals surface area contributed by atoms with Crippen LogP contribution in [-0.4, -0.2) is 46.0 Å². The van der Waals surface area contributed by atoms with Gasteiger partial charge in [0.2, 0.25) is 11.8 Å². The summed E-state index contributed by atoms with van der Waals surface area (Å²) in [6, 6.07) is 0. The molecule has 0 bridgehead atoms. The van der Waals surface area contributed by atoms with Crippen molar-refractivity contribution in [2.45, 2.75) is 12.8 Å². The normalized spacial score (nSPS) is 32.5. The minimum Gasteiger partial charge on any atom is -0.273 e. The molecule has 2 aliphatic rings. The zero-order chi connectivity index (χ0) is 10.5. The van der Waals surface area contributed by atoms with E-state index in [1.807, 2.05) is 0 Å². The first-order valence-corrected chi connectivity index (χ1v) is 5.19. The highest BCUT2D eigenvalue weighted by Gasteiger charge is 2.51. The second kappa shape index (κ2) is 2.73. The summed E-state index contributed by atoms with van der Waals surface area (Å²) in [5.41, 5.74) is 0. The van der Waals surface area contributed by atoms with Crippen LogP contribution in [0.15, 0.2) is 0 Å². The summed E-state index contributed by atoms with van der Waals surface area (Å²) in [6.45, 7) is -0.170. The second-order valence-electron chi connectivity index (χ2n) is 2.91. The fourth-order valence-electron chi connectivity index (χ4n) is 1.26. The summed E-state index contributed by atoms with van der Waals surface area (Å²) in [5.74, 6) is -0.915. The third kappa shape index (κ3) is 1.39. The Morgan fingerprint density at radius 1 is 1.14 bits per heavy atom. The molecule has 0 saturated carbocycles. The van der Waals surface area contributed by atoms with Gasteiger partial charge >= 0.3 is 10.3 Å². The SMILES string of the molecule is O=C1CCC(=O)N1N1CN1S(=O)(=O)O. The van der Waals surface area contributed by atoms with Crippen molar-refractivity contribution in [2.75, 3.05) is 6.67 Å². The van der Waals surface area contributed by atoms with Gasteiger partial charge < -0.3 is 0 Å². The summed E-state index contributed by atoms with van der Waals surface area (Å²) < 4.78 is 30.2. The van der Waals surface area contributed by atoms with E-state index in [1.165, 1.54) is 0 Å². The van der Waals surface area contributed by atoms with Crippen LogP contribution in [0.25, 0.3) is 0 Å². The van der Waals surface area contributed by atoms with E-state index in [0.29, 0.717) is 4.41 Å². The zero-order valence-electron chi connectivity index (χ0n) is 6.95. The van der Waals surface area contributed by atoms with Crippen molar-refractivity contribution in [3.8, 4) is 0 Å². The van der Waals surface area contributed by atoms with E-state index in [0.717, 1.165) is 10.1 Å². The molecule has 0 aromatic heterocycles. The number of hydrogen-bond donors (Lipinski definition) is 1. The summed E-state index contributed by atoms with van der Waals surface area (Å²) in [6.07, 6.45) is 0.156. The van der Waals surface area contributed by atoms with Gasteiger partial charge in [0.05, 0.1) is 0 Å². The first kappa shape index (κ1) is 9.52. The maximum atomic E-state index is 11.1. The van der Waals surface area contributed by atoms with Crippen LogP contribution in [0.3, 0.4) is 0 Å². The lowest BCUT2D eigenvalue weighted by Crippen LogP contribution is -2.37. The third-order valence-corrected chi connectivity index (χ3v) is 2.78. The molecule has 9 heteroatoms. The fourth-order valence-corrected chi connectivity index (χ4v) is 1.82. The van der Waals surface area contributed by atoms with Crippen molar-refractivity contribution in [3.05, 3.63) is 0 Å². The number of carbonyl (C=O) groups is 2. The first-order chi connectivity index (χ1) is 6.41. The van der Waals surface area contributed by atoms with Gasteiger partial charge in [0.25, 0.3) is 0 Å². The molecule has 2 amide bonds. The predicted molar refractivity (Wildman–Crippen MR) is 41.2 cm³/mol. The monoisotopic (exact) mass is 221 g/mol. The molecule has 2 aliphatic heterocycles. The van der Waals surface area contributed by atoms with Crippen LogP contribution in [0, 0.1) is 0 Å². The Kier molecular flexibility index (Phi) is 1.86. The number of nitrogens with zero attached hydrogens (tertiary/aromatic N) is 3. The smallest absolute Gasteiger partial charge is 0.273 e. The Morgan fingerprint density at radius 3 is 2.00 bits per heavy atom. The largest absolute Gasteiger partial charge is 0.352 e. The molecule has 2 unspecified atom stereocenters. The lowest BCUT2D eigenvalue weighted by Gasteiger charge is -2.12. The average molecular weight is 221 g/mol. The maximum absolute atomic E-state index is 11.1. The van der Waals surface area contributed by atoms with Crippen molar-refractivity contribution in [2.24, 2.45) is 0 Å². The van der Waals surface area contributed by atoms with E-state index in [2.05, 4.69) is 0 Å². The van der Waals surface area contributed by atoms with Crippen LogP contribution in [0.4, 0.5) is 0 Å². The van der Waals surface area contributed by atoms with Gasteiger partial charge in [0.15, 0.2) is 0 Å². The number of rotatable bonds is 2. The van der Waals surface area contributed by atoms with Crippen LogP contribution in [0.2, 0.25) is 0 Å². The van der Waals surface area contributed by atoms with Crippen molar-refractivity contribution in [1.29, 1.82) is 0 Å². The lowest BCUT2D eigenvalue weighted by molar-refractivity contribution is -0.151. The van der Waals surface area contributed by atoms with E-state index in [-0.39, 0.29) is 19.5 Å². The number of imide groups is 1. The Balaban J connectivity index is 2.13. The molecule has 78 valence electrons. The van der Waals surface area contributed by atoms with Crippen LogP contribution < -0.4 is 0 Å². The quantitative estimate of drug-likeness (QED) is 0.340. The minimum atomic E-state index is -4.35. The summed E-state index contributed by atoms with van der Waals surface area (Å²) in [7, 11) is -4.35. The number of carbonyl (C=O) groups excluding carboxylic acids is 2. The molecule has 0 aromatic rings. The molecule has 0 spiro atoms. The van der Waals surface area contributed by atoms with Crippen molar-refractivity contribution in [3.63, 3.8) is 0 Å². The Labute approximate surface area is 79.5 Å². The zero-order valence-corrected chi connectivity index (χ0v) is 7.77. The topological polar surface area (TPSA) is 97.8 Å². The van der Waals surface area contributed by atoms with Gasteiger partial charge in [-0.25, -0.2) is 0 Å². The highest BCUT2D eigenvalue weighted by Crippen LogP contribution is 2.27. The molecule has 1 N–H and O–H groups in total. The summed E-state index contributed by atoms with van der Waals surface area (Å²) in [4.78, 5) is 22.2. The van der Waals surface area contributed by atoms with Crippen LogP contribution >= 0.6 is 0 Å². The number of hydrogen-bond acceptors (Lipinski definition) is 5. The molecule has 2 fully saturated rings. The number of amides is 2. The molecular weight excluding hydrogens is 214 g/mol. The van der Waals surface area contributed by atoms with Crippen LogP contribution in [0.1, 0.15) is 12.8 Å². The fraction of sp³-hybridized carbons (Fsp3) is 0.600. The van der Waals surface area contributed by atoms with E-state index in [9.17, 15) is 18.0 Å². The molecule has 2 rings (SSSR count). The van der Waals surface area contributed by atoms with Crippen LogP contribution in [-0.2, 0) is 19.9 Å². The van der Waals surface area contributed by atoms with E-state index in [1.54, 1.807) is 0 Å². The van der Waals surface area contributed by atoms with Crippen molar-refractivity contribution < 1.29 is 22.6 Å². The van der Waals surface area contributed by atoms with Gasteiger partial charge in [-0.3, -0.25) is 14.1 Å². The molecule has 2 heterocycles. The molecule has 0 radical (unpaired) electrons. The lowest BCUT2D eigenvalue weighted by atomic mass is 10.4. The summed E-state index contributed by atoms with van der Waals surface area (Å²) >= 11 is 0. The highest BCUT2D eigenvalue weighted by atomic mass is 32.2. The minimum absolute atomic E-state index is 0.0780. The molecule has 8 nitrogen and oxygen atoms in total. The van der Waals surface area contributed by atoms with Gasteiger partial charge in [-0.05, 0) is 0 Å². The van der Waals surface area contributed by atoms with Gasteiger partial charge in [0, 0.05) is 12.8 Å². The van der Waals surface area contributed by atoms with Crippen LogP contribution in [0.5, 0.6) is 0 Å². The predicted octanol–water partition coefficient (Wildman–Crippen LogP) is -1.66. The maximum Gasteiger partial charge on any atom is 0.352 e. The highest BCUT2D eigenvalue weighted by molar-refractivity contribution is 7.83. The molecular formula is C5H7N3O5S. The van der Waals surface area contributed by atoms with Gasteiger partial charge in [-0.1, -0.05) is 4.41 Å². The van der Waals surface area contributed by atoms with Crippen molar-refractivity contribution >= 4 is 22.1 Å². The first-order valence-electron chi connectivity index (χ1n) is 3.79. The molecule has 2 saturated heterocycles. The third-order valence-electron chi connectivity index (χ3n) is 1.94. The summed E-state index contributed by atoms with van der Waals surface area (Å²) in [5, 5.41) is 1.61. The Bertz CT molecular complexity index is 388. The van der Waals surface area contributed by atoms with E-state index < -0.39 is 22.1 Å². The standard InChI is InChI=1S/C5H7N3O5S/c9-4-1-2-5(10)8(4)6-3-7(6)14(11,12)13/h1-3H2,(H,11,12,13).